The van der Waals surface area contributed by atoms with E-state index < -0.39 is 0 Å². The lowest BCUT2D eigenvalue weighted by atomic mass is 10.3. The summed E-state index contributed by atoms with van der Waals surface area (Å²) in [5, 5.41) is 2.75. The first-order valence-electron chi connectivity index (χ1n) is 5.11. The van der Waals surface area contributed by atoms with E-state index in [1.165, 1.54) is 0 Å². The Labute approximate surface area is 95.7 Å². The summed E-state index contributed by atoms with van der Waals surface area (Å²) < 4.78 is 1.98. The molecule has 0 saturated heterocycles. The van der Waals surface area contributed by atoms with Crippen molar-refractivity contribution in [2.75, 3.05) is 0 Å². The van der Waals surface area contributed by atoms with Gasteiger partial charge >= 0.3 is 0 Å². The Morgan fingerprint density at radius 2 is 2.38 bits per heavy atom. The maximum absolute atomic E-state index is 11.3. The van der Waals surface area contributed by atoms with Crippen LogP contribution in [0.15, 0.2) is 31.1 Å². The highest BCUT2D eigenvalue weighted by atomic mass is 16.1. The fourth-order valence-electron chi connectivity index (χ4n) is 1.30. The molecule has 1 aromatic heterocycles. The van der Waals surface area contributed by atoms with E-state index in [-0.39, 0.29) is 5.91 Å². The summed E-state index contributed by atoms with van der Waals surface area (Å²) in [7, 11) is 0. The second-order valence-corrected chi connectivity index (χ2v) is 3.68. The Kier molecular flexibility index (Phi) is 4.05. The van der Waals surface area contributed by atoms with E-state index in [0.29, 0.717) is 12.1 Å². The lowest BCUT2D eigenvalue weighted by Crippen LogP contribution is -2.23. The molecule has 1 N–H and O–H groups in total. The predicted octanol–water partition coefficient (Wildman–Crippen LogP) is 1.57. The fourth-order valence-corrected chi connectivity index (χ4v) is 1.30. The zero-order chi connectivity index (χ0) is 12.1. The lowest BCUT2D eigenvalue weighted by molar-refractivity contribution is -0.117. The van der Waals surface area contributed by atoms with Crippen LogP contribution in [0, 0.1) is 6.92 Å². The number of aromatic nitrogens is 2. The molecule has 4 heteroatoms. The first kappa shape index (κ1) is 12.2. The van der Waals surface area contributed by atoms with Gasteiger partial charge in [0.25, 0.3) is 0 Å². The minimum atomic E-state index is -0.141. The number of amides is 1. The van der Waals surface area contributed by atoms with E-state index in [1.54, 1.807) is 13.3 Å². The quantitative estimate of drug-likeness (QED) is 0.603. The van der Waals surface area contributed by atoms with Crippen LogP contribution in [0.4, 0.5) is 0 Å². The van der Waals surface area contributed by atoms with Gasteiger partial charge < -0.3 is 9.88 Å². The number of imidazole rings is 1. The number of hydrogen-bond donors (Lipinski definition) is 1. The Hall–Kier alpha value is -1.84. The molecule has 0 bridgehead atoms. The van der Waals surface area contributed by atoms with Gasteiger partial charge in [0, 0.05) is 17.8 Å². The molecule has 0 aliphatic heterocycles. The van der Waals surface area contributed by atoms with Crippen LogP contribution in [0.2, 0.25) is 0 Å². The largest absolute Gasteiger partial charge is 0.347 e. The second kappa shape index (κ2) is 5.30. The Bertz CT molecular complexity index is 418. The summed E-state index contributed by atoms with van der Waals surface area (Å²) in [4.78, 5) is 15.5. The highest BCUT2D eigenvalue weighted by molar-refractivity contribution is 5.91. The van der Waals surface area contributed by atoms with Crippen molar-refractivity contribution in [3.63, 3.8) is 0 Å². The van der Waals surface area contributed by atoms with Gasteiger partial charge in [-0.1, -0.05) is 12.7 Å². The monoisotopic (exact) mass is 219 g/mol. The van der Waals surface area contributed by atoms with E-state index in [4.69, 9.17) is 0 Å². The molecule has 1 rings (SSSR count). The summed E-state index contributed by atoms with van der Waals surface area (Å²) in [6.07, 6.45) is 3.56. The number of rotatable bonds is 5. The standard InChI is InChI=1S/C12H17N3O/c1-5-6-15-8-14-11(10(15)4)7-13-12(16)9(2)3/h5,8H,1-2,6-7H2,3-4H3,(H,13,16). The van der Waals surface area contributed by atoms with Gasteiger partial charge in [-0.2, -0.15) is 0 Å². The number of carbonyl (C=O) groups is 1. The van der Waals surface area contributed by atoms with Gasteiger partial charge in [0.05, 0.1) is 18.6 Å². The number of allylic oxidation sites excluding steroid dienone is 1. The third kappa shape index (κ3) is 2.82. The summed E-state index contributed by atoms with van der Waals surface area (Å²) in [5.74, 6) is -0.141. The molecule has 0 unspecified atom stereocenters. The Morgan fingerprint density at radius 1 is 1.69 bits per heavy atom. The molecule has 4 nitrogen and oxygen atoms in total. The maximum Gasteiger partial charge on any atom is 0.246 e. The van der Waals surface area contributed by atoms with Gasteiger partial charge in [-0.25, -0.2) is 4.98 Å². The molecule has 0 fully saturated rings. The van der Waals surface area contributed by atoms with E-state index in [2.05, 4.69) is 23.5 Å². The van der Waals surface area contributed by atoms with Crippen molar-refractivity contribution in [2.45, 2.75) is 26.9 Å². The molecule has 0 aliphatic carbocycles. The van der Waals surface area contributed by atoms with Crippen LogP contribution in [-0.2, 0) is 17.9 Å². The van der Waals surface area contributed by atoms with Gasteiger partial charge in [0.1, 0.15) is 0 Å². The summed E-state index contributed by atoms with van der Waals surface area (Å²) in [5.41, 5.74) is 2.42. The van der Waals surface area contributed by atoms with Crippen LogP contribution in [0.3, 0.4) is 0 Å². The van der Waals surface area contributed by atoms with Crippen molar-refractivity contribution in [3.05, 3.63) is 42.5 Å². The highest BCUT2D eigenvalue weighted by Gasteiger charge is 2.07. The van der Waals surface area contributed by atoms with Crippen LogP contribution >= 0.6 is 0 Å². The summed E-state index contributed by atoms with van der Waals surface area (Å²) in [6, 6.07) is 0. The Morgan fingerprint density at radius 3 is 2.94 bits per heavy atom. The van der Waals surface area contributed by atoms with Crippen molar-refractivity contribution in [1.29, 1.82) is 0 Å². The van der Waals surface area contributed by atoms with Crippen molar-refractivity contribution in [1.82, 2.24) is 14.9 Å². The Balaban J connectivity index is 2.64. The summed E-state index contributed by atoms with van der Waals surface area (Å²) in [6.45, 7) is 12.1. The van der Waals surface area contributed by atoms with E-state index in [9.17, 15) is 4.79 Å². The first-order chi connectivity index (χ1) is 7.56. The van der Waals surface area contributed by atoms with E-state index >= 15 is 0 Å². The summed E-state index contributed by atoms with van der Waals surface area (Å²) >= 11 is 0. The van der Waals surface area contributed by atoms with Crippen LogP contribution < -0.4 is 5.32 Å². The predicted molar refractivity (Wildman–Crippen MR) is 63.8 cm³/mol. The van der Waals surface area contributed by atoms with Crippen LogP contribution in [0.1, 0.15) is 18.3 Å². The van der Waals surface area contributed by atoms with Gasteiger partial charge in [-0.05, 0) is 13.8 Å². The molecule has 0 aliphatic rings. The second-order valence-electron chi connectivity index (χ2n) is 3.68. The molecule has 1 heterocycles. The van der Waals surface area contributed by atoms with E-state index in [0.717, 1.165) is 17.9 Å². The molecular formula is C12H17N3O. The van der Waals surface area contributed by atoms with Gasteiger partial charge in [0.15, 0.2) is 0 Å². The third-order valence-electron chi connectivity index (χ3n) is 2.33. The minimum absolute atomic E-state index is 0.141. The average Bonchev–Trinajstić information content (AvgIpc) is 2.58. The van der Waals surface area contributed by atoms with Crippen molar-refractivity contribution >= 4 is 5.91 Å². The van der Waals surface area contributed by atoms with Gasteiger partial charge in [-0.3, -0.25) is 4.79 Å². The van der Waals surface area contributed by atoms with Gasteiger partial charge in [-0.15, -0.1) is 6.58 Å². The van der Waals surface area contributed by atoms with Crippen LogP contribution in [0.25, 0.3) is 0 Å². The van der Waals surface area contributed by atoms with Crippen LogP contribution in [0.5, 0.6) is 0 Å². The maximum atomic E-state index is 11.3. The van der Waals surface area contributed by atoms with Crippen molar-refractivity contribution in [3.8, 4) is 0 Å². The third-order valence-corrected chi connectivity index (χ3v) is 2.33. The zero-order valence-corrected chi connectivity index (χ0v) is 9.79. The molecule has 0 saturated carbocycles. The fraction of sp³-hybridized carbons (Fsp3) is 0.333. The number of hydrogen-bond acceptors (Lipinski definition) is 2. The first-order valence-corrected chi connectivity index (χ1v) is 5.11. The molecule has 1 aromatic rings. The molecule has 0 atom stereocenters. The number of nitrogens with zero attached hydrogens (tertiary/aromatic N) is 2. The van der Waals surface area contributed by atoms with E-state index in [1.807, 2.05) is 17.6 Å². The molecule has 0 spiro atoms. The van der Waals surface area contributed by atoms with Crippen molar-refractivity contribution in [2.24, 2.45) is 0 Å². The topological polar surface area (TPSA) is 46.9 Å². The number of nitrogens with one attached hydrogen (secondary N) is 1. The smallest absolute Gasteiger partial charge is 0.246 e. The average molecular weight is 219 g/mol. The van der Waals surface area contributed by atoms with Crippen LogP contribution in [-0.4, -0.2) is 15.5 Å². The molecule has 1 amide bonds. The molecule has 16 heavy (non-hydrogen) atoms. The molecule has 86 valence electrons. The zero-order valence-electron chi connectivity index (χ0n) is 9.79. The minimum Gasteiger partial charge on any atom is -0.347 e. The normalized spacial score (nSPS) is 9.88. The highest BCUT2D eigenvalue weighted by Crippen LogP contribution is 2.06. The molecule has 0 radical (unpaired) electrons. The molecule has 0 aromatic carbocycles. The van der Waals surface area contributed by atoms with Crippen molar-refractivity contribution < 1.29 is 4.79 Å². The number of carbonyl (C=O) groups excluding carboxylic acids is 1. The SMILES string of the molecule is C=CCn1cnc(CNC(=O)C(=C)C)c1C. The van der Waals surface area contributed by atoms with Gasteiger partial charge in [0.2, 0.25) is 5.91 Å². The molecular weight excluding hydrogens is 202 g/mol. The lowest BCUT2D eigenvalue weighted by Gasteiger charge is -2.04.